The second kappa shape index (κ2) is 10.8. The first-order chi connectivity index (χ1) is 22.8. The molecule has 2 heteroatoms. The zero-order valence-corrected chi connectivity index (χ0v) is 25.1. The highest BCUT2D eigenvalue weighted by molar-refractivity contribution is 6.22. The van der Waals surface area contributed by atoms with Gasteiger partial charge in [-0.3, -0.25) is 0 Å². The van der Waals surface area contributed by atoms with Crippen LogP contribution in [0.15, 0.2) is 170 Å². The SMILES string of the molecule is c1ccc(-c2nc(-c3ccc4c(c3)c(-c3ccccc3)c(-c3ccccc3)c3ccccc34)c3ccc4ccccc4c3n2)cc1. The molecule has 0 saturated carbocycles. The molecule has 0 amide bonds. The van der Waals surface area contributed by atoms with Crippen LogP contribution >= 0.6 is 0 Å². The molecule has 0 fully saturated rings. The van der Waals surface area contributed by atoms with Crippen LogP contribution < -0.4 is 0 Å². The van der Waals surface area contributed by atoms with E-state index in [1.54, 1.807) is 0 Å². The normalized spacial score (nSPS) is 11.5. The molecule has 1 heterocycles. The third-order valence-corrected chi connectivity index (χ3v) is 9.05. The fraction of sp³-hybridized carbons (Fsp3) is 0. The van der Waals surface area contributed by atoms with Gasteiger partial charge in [-0.15, -0.1) is 0 Å². The third kappa shape index (κ3) is 4.27. The average molecular weight is 585 g/mol. The fourth-order valence-corrected chi connectivity index (χ4v) is 6.95. The van der Waals surface area contributed by atoms with Gasteiger partial charge in [0, 0.05) is 21.9 Å². The highest BCUT2D eigenvalue weighted by atomic mass is 14.9. The fourth-order valence-electron chi connectivity index (χ4n) is 6.95. The molecule has 9 aromatic rings. The van der Waals surface area contributed by atoms with E-state index < -0.39 is 0 Å². The lowest BCUT2D eigenvalue weighted by Gasteiger charge is -2.19. The molecule has 0 unspecified atom stereocenters. The van der Waals surface area contributed by atoms with Crippen LogP contribution in [0.2, 0.25) is 0 Å². The van der Waals surface area contributed by atoms with Crippen molar-refractivity contribution in [1.82, 2.24) is 9.97 Å². The molecule has 8 aromatic carbocycles. The van der Waals surface area contributed by atoms with E-state index in [1.807, 2.05) is 18.2 Å². The quantitative estimate of drug-likeness (QED) is 0.192. The highest BCUT2D eigenvalue weighted by Crippen LogP contribution is 2.46. The van der Waals surface area contributed by atoms with Gasteiger partial charge in [-0.05, 0) is 61.3 Å². The van der Waals surface area contributed by atoms with Crippen LogP contribution in [0.3, 0.4) is 0 Å². The molecule has 0 spiro atoms. The molecule has 1 aromatic heterocycles. The molecule has 0 N–H and O–H groups in total. The van der Waals surface area contributed by atoms with E-state index in [9.17, 15) is 0 Å². The van der Waals surface area contributed by atoms with E-state index in [2.05, 4.69) is 152 Å². The summed E-state index contributed by atoms with van der Waals surface area (Å²) < 4.78 is 0. The summed E-state index contributed by atoms with van der Waals surface area (Å²) in [5.41, 5.74) is 8.84. The largest absolute Gasteiger partial charge is 0.227 e. The van der Waals surface area contributed by atoms with E-state index >= 15 is 0 Å². The van der Waals surface area contributed by atoms with Gasteiger partial charge in [-0.25, -0.2) is 9.97 Å². The van der Waals surface area contributed by atoms with Crippen molar-refractivity contribution in [2.24, 2.45) is 0 Å². The van der Waals surface area contributed by atoms with Crippen molar-refractivity contribution in [1.29, 1.82) is 0 Å². The number of aromatic nitrogens is 2. The van der Waals surface area contributed by atoms with Gasteiger partial charge in [0.1, 0.15) is 0 Å². The predicted octanol–water partition coefficient (Wildman–Crippen LogP) is 11.8. The van der Waals surface area contributed by atoms with Crippen LogP contribution in [-0.2, 0) is 0 Å². The Hall–Kier alpha value is -6.12. The summed E-state index contributed by atoms with van der Waals surface area (Å²) in [5.74, 6) is 0.728. The van der Waals surface area contributed by atoms with Crippen molar-refractivity contribution in [3.63, 3.8) is 0 Å². The van der Waals surface area contributed by atoms with Gasteiger partial charge in [-0.1, -0.05) is 158 Å². The molecule has 214 valence electrons. The maximum absolute atomic E-state index is 5.29. The van der Waals surface area contributed by atoms with E-state index in [0.29, 0.717) is 0 Å². The number of hydrogen-bond donors (Lipinski definition) is 0. The number of benzene rings is 8. The summed E-state index contributed by atoms with van der Waals surface area (Å²) in [4.78, 5) is 10.5. The van der Waals surface area contributed by atoms with Gasteiger partial charge >= 0.3 is 0 Å². The summed E-state index contributed by atoms with van der Waals surface area (Å²) >= 11 is 0. The monoisotopic (exact) mass is 584 g/mol. The van der Waals surface area contributed by atoms with Crippen LogP contribution in [-0.4, -0.2) is 9.97 Å². The van der Waals surface area contributed by atoms with Gasteiger partial charge in [-0.2, -0.15) is 0 Å². The second-order valence-corrected chi connectivity index (χ2v) is 11.7. The topological polar surface area (TPSA) is 25.8 Å². The smallest absolute Gasteiger partial charge is 0.160 e. The molecule has 2 nitrogen and oxygen atoms in total. The Morgan fingerprint density at radius 3 is 1.52 bits per heavy atom. The molecule has 0 aliphatic carbocycles. The highest BCUT2D eigenvalue weighted by Gasteiger charge is 2.20. The Morgan fingerprint density at radius 2 is 0.826 bits per heavy atom. The van der Waals surface area contributed by atoms with Crippen LogP contribution in [0.1, 0.15) is 0 Å². The number of rotatable bonds is 4. The van der Waals surface area contributed by atoms with Crippen molar-refractivity contribution in [3.05, 3.63) is 170 Å². The van der Waals surface area contributed by atoms with Crippen LogP contribution in [0.25, 0.3) is 88.1 Å². The zero-order chi connectivity index (χ0) is 30.5. The van der Waals surface area contributed by atoms with Crippen LogP contribution in [0.5, 0.6) is 0 Å². The van der Waals surface area contributed by atoms with Crippen molar-refractivity contribution in [3.8, 4) is 44.9 Å². The van der Waals surface area contributed by atoms with Crippen molar-refractivity contribution in [2.75, 3.05) is 0 Å². The minimum absolute atomic E-state index is 0.728. The van der Waals surface area contributed by atoms with Crippen molar-refractivity contribution < 1.29 is 0 Å². The zero-order valence-electron chi connectivity index (χ0n) is 25.1. The van der Waals surface area contributed by atoms with Crippen LogP contribution in [0, 0.1) is 0 Å². The maximum Gasteiger partial charge on any atom is 0.160 e. The molecule has 0 aliphatic rings. The van der Waals surface area contributed by atoms with Gasteiger partial charge < -0.3 is 0 Å². The second-order valence-electron chi connectivity index (χ2n) is 11.7. The Labute approximate surface area is 267 Å². The van der Waals surface area contributed by atoms with E-state index in [0.717, 1.165) is 38.9 Å². The van der Waals surface area contributed by atoms with Gasteiger partial charge in [0.05, 0.1) is 11.2 Å². The summed E-state index contributed by atoms with van der Waals surface area (Å²) in [7, 11) is 0. The maximum atomic E-state index is 5.29. The van der Waals surface area contributed by atoms with Crippen LogP contribution in [0.4, 0.5) is 0 Å². The Morgan fingerprint density at radius 1 is 0.304 bits per heavy atom. The molecule has 46 heavy (non-hydrogen) atoms. The van der Waals surface area contributed by atoms with Crippen molar-refractivity contribution >= 4 is 43.2 Å². The number of hydrogen-bond acceptors (Lipinski definition) is 2. The molecule has 0 bridgehead atoms. The molecule has 0 radical (unpaired) electrons. The average Bonchev–Trinajstić information content (AvgIpc) is 3.14. The lowest BCUT2D eigenvalue weighted by atomic mass is 9.84. The molecule has 0 atom stereocenters. The molecule has 0 saturated heterocycles. The minimum atomic E-state index is 0.728. The van der Waals surface area contributed by atoms with Gasteiger partial charge in [0.2, 0.25) is 0 Å². The van der Waals surface area contributed by atoms with Crippen molar-refractivity contribution in [2.45, 2.75) is 0 Å². The van der Waals surface area contributed by atoms with Gasteiger partial charge in [0.15, 0.2) is 5.82 Å². The lowest BCUT2D eigenvalue weighted by molar-refractivity contribution is 1.23. The van der Waals surface area contributed by atoms with E-state index in [-0.39, 0.29) is 0 Å². The summed E-state index contributed by atoms with van der Waals surface area (Å²) in [6, 6.07) is 60.4. The molecular formula is C44H28N2. The first-order valence-electron chi connectivity index (χ1n) is 15.7. The third-order valence-electron chi connectivity index (χ3n) is 9.05. The first-order valence-corrected chi connectivity index (χ1v) is 15.7. The number of nitrogens with zero attached hydrogens (tertiary/aromatic N) is 2. The number of fused-ring (bicyclic) bond motifs is 6. The Bertz CT molecular complexity index is 2560. The predicted molar refractivity (Wildman–Crippen MR) is 194 cm³/mol. The lowest BCUT2D eigenvalue weighted by Crippen LogP contribution is -1.97. The van der Waals surface area contributed by atoms with E-state index in [4.69, 9.17) is 9.97 Å². The summed E-state index contributed by atoms with van der Waals surface area (Å²) in [6.45, 7) is 0. The minimum Gasteiger partial charge on any atom is -0.227 e. The Kier molecular flexibility index (Phi) is 6.17. The Balaban J connectivity index is 1.42. The first kappa shape index (κ1) is 26.3. The summed E-state index contributed by atoms with van der Waals surface area (Å²) in [5, 5.41) is 8.26. The summed E-state index contributed by atoms with van der Waals surface area (Å²) in [6.07, 6.45) is 0. The van der Waals surface area contributed by atoms with E-state index in [1.165, 1.54) is 49.2 Å². The standard InChI is InChI=1S/C44H28N2/c1-4-15-30(16-5-1)40-37-23-13-12-22-35(37)36-26-25-33(28-39(36)41(40)31-17-6-2-7-18-31)42-38-27-24-29-14-10-11-21-34(29)43(38)46-44(45-42)32-19-8-3-9-20-32/h1-28H. The molecular weight excluding hydrogens is 556 g/mol. The van der Waals surface area contributed by atoms with Gasteiger partial charge in [0.25, 0.3) is 0 Å². The molecule has 0 aliphatic heterocycles. The molecule has 9 rings (SSSR count).